The van der Waals surface area contributed by atoms with Crippen LogP contribution in [0, 0.1) is 5.82 Å². The Morgan fingerprint density at radius 2 is 1.89 bits per heavy atom. The summed E-state index contributed by atoms with van der Waals surface area (Å²) >= 11 is 9.18. The number of rotatable bonds is 3. The minimum atomic E-state index is -1.20. The van der Waals surface area contributed by atoms with Crippen molar-refractivity contribution in [2.45, 2.75) is 0 Å². The quantitative estimate of drug-likeness (QED) is 0.874. The Labute approximate surface area is 121 Å². The Bertz CT molecular complexity index is 646. The first-order chi connectivity index (χ1) is 8.97. The van der Waals surface area contributed by atoms with Gasteiger partial charge in [-0.2, -0.15) is 0 Å². The molecule has 0 aliphatic rings. The molecule has 0 heterocycles. The fourth-order valence-corrected chi connectivity index (χ4v) is 2.11. The molecule has 0 aliphatic heterocycles. The van der Waals surface area contributed by atoms with Gasteiger partial charge in [-0.25, -0.2) is 9.18 Å². The monoisotopic (exact) mass is 344 g/mol. The zero-order chi connectivity index (χ0) is 14.0. The normalized spacial score (nSPS) is 10.3. The zero-order valence-corrected chi connectivity index (χ0v) is 11.7. The van der Waals surface area contributed by atoms with Crippen molar-refractivity contribution in [1.82, 2.24) is 0 Å². The van der Waals surface area contributed by atoms with Crippen LogP contribution in [0.3, 0.4) is 0 Å². The van der Waals surface area contributed by atoms with Gasteiger partial charge in [-0.3, -0.25) is 0 Å². The fraction of sp³-hybridized carbons (Fsp3) is 0. The minimum absolute atomic E-state index is 0.0887. The molecule has 0 aliphatic carbocycles. The molecule has 1 N–H and O–H groups in total. The van der Waals surface area contributed by atoms with Crippen LogP contribution in [0.1, 0.15) is 10.4 Å². The molecule has 3 nitrogen and oxygen atoms in total. The fourth-order valence-electron chi connectivity index (χ4n) is 1.39. The molecule has 98 valence electrons. The number of hydrogen-bond donors (Lipinski definition) is 1. The molecule has 0 aromatic heterocycles. The van der Waals surface area contributed by atoms with Gasteiger partial charge in [0.25, 0.3) is 0 Å². The standard InChI is InChI=1S/C13H7BrClFO3/c14-8-2-4-11(9(15)6-8)19-12-3-1-7(13(17)18)5-10(12)16/h1-6H,(H,17,18). The third-order valence-electron chi connectivity index (χ3n) is 2.29. The third kappa shape index (κ3) is 3.24. The van der Waals surface area contributed by atoms with Crippen LogP contribution in [-0.4, -0.2) is 11.1 Å². The van der Waals surface area contributed by atoms with Crippen LogP contribution in [0.4, 0.5) is 4.39 Å². The highest BCUT2D eigenvalue weighted by atomic mass is 79.9. The number of aromatic carboxylic acids is 1. The van der Waals surface area contributed by atoms with E-state index in [1.54, 1.807) is 18.2 Å². The van der Waals surface area contributed by atoms with E-state index >= 15 is 0 Å². The number of carboxylic acid groups (broad SMARTS) is 1. The molecule has 0 unspecified atom stereocenters. The number of halogens is 3. The maximum Gasteiger partial charge on any atom is 0.335 e. The van der Waals surface area contributed by atoms with Crippen molar-refractivity contribution in [1.29, 1.82) is 0 Å². The molecule has 0 atom stereocenters. The predicted octanol–water partition coefficient (Wildman–Crippen LogP) is 4.73. The smallest absolute Gasteiger partial charge is 0.335 e. The van der Waals surface area contributed by atoms with Gasteiger partial charge in [-0.05, 0) is 36.4 Å². The number of hydrogen-bond acceptors (Lipinski definition) is 2. The molecule has 6 heteroatoms. The largest absolute Gasteiger partial charge is 0.478 e. The molecule has 0 saturated carbocycles. The predicted molar refractivity (Wildman–Crippen MR) is 72.6 cm³/mol. The lowest BCUT2D eigenvalue weighted by molar-refractivity contribution is 0.0696. The van der Waals surface area contributed by atoms with Crippen LogP contribution in [0.15, 0.2) is 40.9 Å². The van der Waals surface area contributed by atoms with Gasteiger partial charge >= 0.3 is 5.97 Å². The second-order valence-corrected chi connectivity index (χ2v) is 4.95. The van der Waals surface area contributed by atoms with Crippen LogP contribution in [0.25, 0.3) is 0 Å². The first-order valence-corrected chi connectivity index (χ1v) is 6.30. The second-order valence-electron chi connectivity index (χ2n) is 3.63. The lowest BCUT2D eigenvalue weighted by atomic mass is 10.2. The van der Waals surface area contributed by atoms with E-state index in [0.717, 1.165) is 10.5 Å². The molecule has 19 heavy (non-hydrogen) atoms. The van der Waals surface area contributed by atoms with E-state index in [0.29, 0.717) is 5.02 Å². The SMILES string of the molecule is O=C(O)c1ccc(Oc2ccc(Br)cc2Cl)c(F)c1. The van der Waals surface area contributed by atoms with Crippen LogP contribution in [0.2, 0.25) is 5.02 Å². The summed E-state index contributed by atoms with van der Waals surface area (Å²) < 4.78 is 19.7. The van der Waals surface area contributed by atoms with Crippen molar-refractivity contribution in [2.75, 3.05) is 0 Å². The van der Waals surface area contributed by atoms with Gasteiger partial charge in [0.05, 0.1) is 10.6 Å². The van der Waals surface area contributed by atoms with Gasteiger partial charge in [0.1, 0.15) is 5.75 Å². The Balaban J connectivity index is 2.31. The van der Waals surface area contributed by atoms with Gasteiger partial charge < -0.3 is 9.84 Å². The highest BCUT2D eigenvalue weighted by molar-refractivity contribution is 9.10. The van der Waals surface area contributed by atoms with Crippen molar-refractivity contribution in [3.63, 3.8) is 0 Å². The lowest BCUT2D eigenvalue weighted by Gasteiger charge is -2.09. The van der Waals surface area contributed by atoms with E-state index in [1.165, 1.54) is 12.1 Å². The summed E-state index contributed by atoms with van der Waals surface area (Å²) in [4.78, 5) is 10.7. The van der Waals surface area contributed by atoms with Crippen LogP contribution < -0.4 is 4.74 Å². The average molecular weight is 346 g/mol. The molecule has 0 amide bonds. The summed E-state index contributed by atoms with van der Waals surface area (Å²) in [5.41, 5.74) is -0.147. The highest BCUT2D eigenvalue weighted by Crippen LogP contribution is 2.32. The molecule has 2 rings (SSSR count). The first kappa shape index (κ1) is 13.8. The van der Waals surface area contributed by atoms with E-state index in [4.69, 9.17) is 21.4 Å². The van der Waals surface area contributed by atoms with Crippen LogP contribution in [0.5, 0.6) is 11.5 Å². The van der Waals surface area contributed by atoms with Gasteiger partial charge in [-0.1, -0.05) is 27.5 Å². The maximum atomic E-state index is 13.7. The Morgan fingerprint density at radius 3 is 2.47 bits per heavy atom. The molecule has 0 bridgehead atoms. The van der Waals surface area contributed by atoms with Crippen molar-refractivity contribution < 1.29 is 19.0 Å². The summed E-state index contributed by atoms with van der Waals surface area (Å²) in [6.45, 7) is 0. The van der Waals surface area contributed by atoms with Crippen LogP contribution in [-0.2, 0) is 0 Å². The lowest BCUT2D eigenvalue weighted by Crippen LogP contribution is -1.98. The van der Waals surface area contributed by atoms with Gasteiger partial charge in [0.2, 0.25) is 0 Å². The molecule has 0 radical (unpaired) electrons. The van der Waals surface area contributed by atoms with Crippen molar-refractivity contribution in [2.24, 2.45) is 0 Å². The van der Waals surface area contributed by atoms with E-state index in [1.807, 2.05) is 0 Å². The van der Waals surface area contributed by atoms with E-state index in [9.17, 15) is 9.18 Å². The Hall–Kier alpha value is -1.59. The molecule has 2 aromatic rings. The topological polar surface area (TPSA) is 46.5 Å². The first-order valence-electron chi connectivity index (χ1n) is 5.13. The van der Waals surface area contributed by atoms with Crippen molar-refractivity contribution in [3.05, 3.63) is 57.3 Å². The molecular formula is C13H7BrClFO3. The van der Waals surface area contributed by atoms with Gasteiger partial charge in [-0.15, -0.1) is 0 Å². The molecule has 0 spiro atoms. The zero-order valence-electron chi connectivity index (χ0n) is 9.36. The number of carboxylic acids is 1. The second kappa shape index (κ2) is 5.59. The maximum absolute atomic E-state index is 13.7. The summed E-state index contributed by atoms with van der Waals surface area (Å²) in [6, 6.07) is 8.29. The number of benzene rings is 2. The van der Waals surface area contributed by atoms with Gasteiger partial charge in [0.15, 0.2) is 11.6 Å². The van der Waals surface area contributed by atoms with Crippen molar-refractivity contribution in [3.8, 4) is 11.5 Å². The van der Waals surface area contributed by atoms with Gasteiger partial charge in [0, 0.05) is 4.47 Å². The highest BCUT2D eigenvalue weighted by Gasteiger charge is 2.11. The van der Waals surface area contributed by atoms with E-state index in [2.05, 4.69) is 15.9 Å². The number of ether oxygens (including phenoxy) is 1. The Morgan fingerprint density at radius 1 is 1.21 bits per heavy atom. The van der Waals surface area contributed by atoms with Crippen molar-refractivity contribution >= 4 is 33.5 Å². The average Bonchev–Trinajstić information content (AvgIpc) is 2.34. The van der Waals surface area contributed by atoms with E-state index in [-0.39, 0.29) is 17.1 Å². The third-order valence-corrected chi connectivity index (χ3v) is 3.08. The summed E-state index contributed by atoms with van der Waals surface area (Å²) in [5, 5.41) is 9.05. The summed E-state index contributed by atoms with van der Waals surface area (Å²) in [6.07, 6.45) is 0. The van der Waals surface area contributed by atoms with Crippen LogP contribution >= 0.6 is 27.5 Å². The number of carbonyl (C=O) groups is 1. The summed E-state index contributed by atoms with van der Waals surface area (Å²) in [5.74, 6) is -1.77. The summed E-state index contributed by atoms with van der Waals surface area (Å²) in [7, 11) is 0. The van der Waals surface area contributed by atoms with E-state index < -0.39 is 11.8 Å². The molecular weight excluding hydrogens is 338 g/mol. The molecule has 2 aromatic carbocycles. The Kier molecular flexibility index (Phi) is 4.07. The minimum Gasteiger partial charge on any atom is -0.478 e. The molecule has 0 saturated heterocycles. The molecule has 0 fully saturated rings.